The van der Waals surface area contributed by atoms with Crippen molar-refractivity contribution in [3.8, 4) is 0 Å². The van der Waals surface area contributed by atoms with Crippen LogP contribution in [0.15, 0.2) is 35.6 Å². The van der Waals surface area contributed by atoms with E-state index in [4.69, 9.17) is 0 Å². The second kappa shape index (κ2) is 5.27. The van der Waals surface area contributed by atoms with Gasteiger partial charge in [0, 0.05) is 18.4 Å². The Bertz CT molecular complexity index is 284. The zero-order valence-corrected chi connectivity index (χ0v) is 8.19. The van der Waals surface area contributed by atoms with Crippen molar-refractivity contribution in [2.75, 3.05) is 7.11 Å². The van der Waals surface area contributed by atoms with E-state index in [0.29, 0.717) is 25.0 Å². The maximum atomic E-state index is 10.8. The molecule has 1 N–H and O–H groups in total. The molecule has 0 saturated heterocycles. The predicted molar refractivity (Wildman–Crippen MR) is 53.8 cm³/mol. The van der Waals surface area contributed by atoms with Crippen LogP contribution in [-0.4, -0.2) is 18.2 Å². The lowest BCUT2D eigenvalue weighted by molar-refractivity contribution is -0.140. The third kappa shape index (κ3) is 3.09. The van der Waals surface area contributed by atoms with Crippen LogP contribution in [0, 0.1) is 0 Å². The van der Waals surface area contributed by atoms with Crippen molar-refractivity contribution < 1.29 is 14.6 Å². The van der Waals surface area contributed by atoms with E-state index < -0.39 is 0 Å². The van der Waals surface area contributed by atoms with Gasteiger partial charge in [-0.25, -0.2) is 0 Å². The van der Waals surface area contributed by atoms with Gasteiger partial charge in [0.1, 0.15) is 0 Å². The fourth-order valence-corrected chi connectivity index (χ4v) is 1.21. The fraction of sp³-hybridized carbons (Fsp3) is 0.364. The molecule has 0 heterocycles. The van der Waals surface area contributed by atoms with E-state index in [0.717, 1.165) is 5.57 Å². The van der Waals surface area contributed by atoms with Crippen LogP contribution < -0.4 is 0 Å². The Labute approximate surface area is 83.4 Å². The first-order valence-corrected chi connectivity index (χ1v) is 4.57. The van der Waals surface area contributed by atoms with Gasteiger partial charge in [-0.1, -0.05) is 24.3 Å². The smallest absolute Gasteiger partial charge is 0.305 e. The standard InChI is InChI=1S/C11H14O3/c1-14-11(13)8-4-7-10(12)9-5-2-3-6-9/h2-3,5-6,12H,4,7-8H2,1H3. The Morgan fingerprint density at radius 3 is 2.57 bits per heavy atom. The van der Waals surface area contributed by atoms with Gasteiger partial charge in [0.2, 0.25) is 0 Å². The molecule has 1 aliphatic rings. The third-order valence-electron chi connectivity index (χ3n) is 2.02. The van der Waals surface area contributed by atoms with Crippen LogP contribution in [0.1, 0.15) is 19.3 Å². The molecular weight excluding hydrogens is 180 g/mol. The van der Waals surface area contributed by atoms with Gasteiger partial charge >= 0.3 is 5.97 Å². The summed E-state index contributed by atoms with van der Waals surface area (Å²) < 4.78 is 4.49. The molecule has 0 radical (unpaired) electrons. The summed E-state index contributed by atoms with van der Waals surface area (Å²) in [5.74, 6) is 0.0965. The van der Waals surface area contributed by atoms with Gasteiger partial charge in [0.15, 0.2) is 0 Å². The maximum Gasteiger partial charge on any atom is 0.305 e. The summed E-state index contributed by atoms with van der Waals surface area (Å²) >= 11 is 0. The number of methoxy groups -OCH3 is 1. The molecule has 0 amide bonds. The van der Waals surface area contributed by atoms with Gasteiger partial charge in [0.25, 0.3) is 0 Å². The van der Waals surface area contributed by atoms with Gasteiger partial charge < -0.3 is 9.84 Å². The van der Waals surface area contributed by atoms with E-state index in [1.54, 1.807) is 0 Å². The minimum absolute atomic E-state index is 0.236. The van der Waals surface area contributed by atoms with E-state index in [1.807, 2.05) is 24.3 Å². The molecule has 3 nitrogen and oxygen atoms in total. The normalized spacial score (nSPS) is 13.4. The number of hydrogen-bond acceptors (Lipinski definition) is 3. The van der Waals surface area contributed by atoms with Crippen molar-refractivity contribution in [1.29, 1.82) is 0 Å². The number of aliphatic hydroxyl groups excluding tert-OH is 1. The number of rotatable bonds is 4. The summed E-state index contributed by atoms with van der Waals surface area (Å²) in [4.78, 5) is 10.8. The first-order valence-electron chi connectivity index (χ1n) is 4.57. The van der Waals surface area contributed by atoms with Crippen LogP contribution in [0.2, 0.25) is 0 Å². The Morgan fingerprint density at radius 1 is 1.36 bits per heavy atom. The average molecular weight is 194 g/mol. The molecule has 0 fully saturated rings. The monoisotopic (exact) mass is 194 g/mol. The van der Waals surface area contributed by atoms with Crippen LogP contribution in [0.5, 0.6) is 0 Å². The number of aliphatic hydroxyl groups is 1. The molecule has 0 spiro atoms. The Kier molecular flexibility index (Phi) is 3.98. The zero-order valence-electron chi connectivity index (χ0n) is 8.19. The summed E-state index contributed by atoms with van der Waals surface area (Å²) in [5, 5.41) is 9.56. The van der Waals surface area contributed by atoms with Gasteiger partial charge in [-0.15, -0.1) is 0 Å². The quantitative estimate of drug-likeness (QED) is 0.551. The van der Waals surface area contributed by atoms with E-state index in [-0.39, 0.29) is 5.97 Å². The summed E-state index contributed by atoms with van der Waals surface area (Å²) in [5.41, 5.74) is 0.829. The summed E-state index contributed by atoms with van der Waals surface area (Å²) in [7, 11) is 1.36. The van der Waals surface area contributed by atoms with Gasteiger partial charge in [-0.2, -0.15) is 0 Å². The van der Waals surface area contributed by atoms with Crippen molar-refractivity contribution in [3.05, 3.63) is 35.6 Å². The first-order chi connectivity index (χ1) is 6.74. The molecule has 0 aromatic rings. The van der Waals surface area contributed by atoms with Crippen molar-refractivity contribution in [2.24, 2.45) is 0 Å². The second-order valence-corrected chi connectivity index (χ2v) is 3.05. The fourth-order valence-electron chi connectivity index (χ4n) is 1.21. The Hall–Kier alpha value is -1.51. The SMILES string of the molecule is COC(=O)CCCC(O)=C1C=CC=C1. The van der Waals surface area contributed by atoms with Crippen molar-refractivity contribution in [1.82, 2.24) is 0 Å². The zero-order chi connectivity index (χ0) is 10.4. The molecule has 1 rings (SSSR count). The number of esters is 1. The van der Waals surface area contributed by atoms with E-state index >= 15 is 0 Å². The molecule has 76 valence electrons. The van der Waals surface area contributed by atoms with Crippen LogP contribution in [0.25, 0.3) is 0 Å². The topological polar surface area (TPSA) is 46.5 Å². The minimum atomic E-state index is -0.236. The van der Waals surface area contributed by atoms with E-state index in [2.05, 4.69) is 4.74 Å². The molecule has 0 saturated carbocycles. The van der Waals surface area contributed by atoms with E-state index in [9.17, 15) is 9.90 Å². The molecule has 14 heavy (non-hydrogen) atoms. The Morgan fingerprint density at radius 2 is 2.00 bits per heavy atom. The molecule has 0 atom stereocenters. The predicted octanol–water partition coefficient (Wildman–Crippen LogP) is 2.27. The molecule has 0 aromatic heterocycles. The van der Waals surface area contributed by atoms with Crippen LogP contribution in [-0.2, 0) is 9.53 Å². The molecule has 0 unspecified atom stereocenters. The van der Waals surface area contributed by atoms with Crippen molar-refractivity contribution in [2.45, 2.75) is 19.3 Å². The number of carbonyl (C=O) groups is 1. The second-order valence-electron chi connectivity index (χ2n) is 3.05. The van der Waals surface area contributed by atoms with Crippen LogP contribution in [0.4, 0.5) is 0 Å². The lowest BCUT2D eigenvalue weighted by atomic mass is 10.1. The van der Waals surface area contributed by atoms with Crippen LogP contribution in [0.3, 0.4) is 0 Å². The summed E-state index contributed by atoms with van der Waals surface area (Å²) in [6, 6.07) is 0. The average Bonchev–Trinajstić information content (AvgIpc) is 2.70. The van der Waals surface area contributed by atoms with Gasteiger partial charge in [0.05, 0.1) is 12.9 Å². The van der Waals surface area contributed by atoms with E-state index in [1.165, 1.54) is 7.11 Å². The largest absolute Gasteiger partial charge is 0.512 e. The first kappa shape index (κ1) is 10.6. The number of allylic oxidation sites excluding steroid dienone is 6. The maximum absolute atomic E-state index is 10.8. The minimum Gasteiger partial charge on any atom is -0.512 e. The van der Waals surface area contributed by atoms with Gasteiger partial charge in [-0.3, -0.25) is 4.79 Å². The highest BCUT2D eigenvalue weighted by molar-refractivity contribution is 5.69. The van der Waals surface area contributed by atoms with Crippen molar-refractivity contribution in [3.63, 3.8) is 0 Å². The lowest BCUT2D eigenvalue weighted by Crippen LogP contribution is -2.00. The Balaban J connectivity index is 2.31. The molecule has 0 aliphatic heterocycles. The van der Waals surface area contributed by atoms with Crippen LogP contribution >= 0.6 is 0 Å². The number of ether oxygens (including phenoxy) is 1. The summed E-state index contributed by atoms with van der Waals surface area (Å²) in [6.45, 7) is 0. The molecule has 0 bridgehead atoms. The number of carbonyl (C=O) groups excluding carboxylic acids is 1. The molecule has 3 heteroatoms. The molecule has 0 aromatic carbocycles. The number of hydrogen-bond donors (Lipinski definition) is 1. The summed E-state index contributed by atoms with van der Waals surface area (Å²) in [6.07, 6.45) is 8.89. The van der Waals surface area contributed by atoms with Gasteiger partial charge in [-0.05, 0) is 6.42 Å². The highest BCUT2D eigenvalue weighted by Gasteiger charge is 2.04. The van der Waals surface area contributed by atoms with Crippen molar-refractivity contribution >= 4 is 5.97 Å². The highest BCUT2D eigenvalue weighted by atomic mass is 16.5. The third-order valence-corrected chi connectivity index (χ3v) is 2.02. The molecular formula is C11H14O3. The highest BCUT2D eigenvalue weighted by Crippen LogP contribution is 2.16. The molecule has 1 aliphatic carbocycles. The lowest BCUT2D eigenvalue weighted by Gasteiger charge is -2.01.